The fraction of sp³-hybridized carbons (Fsp3) is 0.286. The Kier molecular flexibility index (Phi) is 4.43. The van der Waals surface area contributed by atoms with Gasteiger partial charge in [-0.25, -0.2) is 0 Å². The van der Waals surface area contributed by atoms with Gasteiger partial charge in [-0.1, -0.05) is 30.3 Å². The fourth-order valence-electron chi connectivity index (χ4n) is 2.90. The monoisotopic (exact) mass is 319 g/mol. The van der Waals surface area contributed by atoms with Crippen molar-refractivity contribution in [2.24, 2.45) is 4.99 Å². The maximum atomic E-state index is 4.85. The molecule has 3 heteroatoms. The van der Waals surface area contributed by atoms with Crippen molar-refractivity contribution in [3.05, 3.63) is 60.2 Å². The lowest BCUT2D eigenvalue weighted by molar-refractivity contribution is 0.596. The predicted octanol–water partition coefficient (Wildman–Crippen LogP) is 5.13. The van der Waals surface area contributed by atoms with Gasteiger partial charge in [0.1, 0.15) is 0 Å². The number of nitrogens with one attached hydrogen (secondary N) is 1. The number of hydrogen-bond acceptors (Lipinski definition) is 3. The van der Waals surface area contributed by atoms with E-state index in [4.69, 9.17) is 4.99 Å². The molecule has 0 fully saturated rings. The summed E-state index contributed by atoms with van der Waals surface area (Å²) < 4.78 is 0. The van der Waals surface area contributed by atoms with E-state index in [2.05, 4.69) is 86.7 Å². The maximum Gasteiger partial charge on any atom is 0.0864 e. The highest BCUT2D eigenvalue weighted by atomic mass is 15.1. The van der Waals surface area contributed by atoms with Gasteiger partial charge >= 0.3 is 0 Å². The van der Waals surface area contributed by atoms with Crippen molar-refractivity contribution >= 4 is 28.8 Å². The molecule has 0 spiro atoms. The third-order valence-electron chi connectivity index (χ3n) is 4.14. The van der Waals surface area contributed by atoms with Gasteiger partial charge in [-0.3, -0.25) is 4.99 Å². The normalized spacial score (nSPS) is 16.1. The van der Waals surface area contributed by atoms with Gasteiger partial charge in [0.15, 0.2) is 0 Å². The first-order valence-corrected chi connectivity index (χ1v) is 8.33. The molecule has 2 aromatic rings. The molecule has 0 saturated carbocycles. The highest BCUT2D eigenvalue weighted by Crippen LogP contribution is 2.32. The lowest BCUT2D eigenvalue weighted by atomic mass is 9.96. The van der Waals surface area contributed by atoms with Crippen LogP contribution in [0.5, 0.6) is 0 Å². The summed E-state index contributed by atoms with van der Waals surface area (Å²) in [6.07, 6.45) is 5.16. The smallest absolute Gasteiger partial charge is 0.0864 e. The summed E-state index contributed by atoms with van der Waals surface area (Å²) in [5, 5.41) is 3.59. The average Bonchev–Trinajstić information content (AvgIpc) is 2.67. The third-order valence-corrected chi connectivity index (χ3v) is 4.14. The Bertz CT molecular complexity index is 768. The summed E-state index contributed by atoms with van der Waals surface area (Å²) in [6, 6.07) is 16.8. The fourth-order valence-corrected chi connectivity index (χ4v) is 2.90. The molecule has 3 rings (SSSR count). The van der Waals surface area contributed by atoms with Gasteiger partial charge < -0.3 is 10.2 Å². The number of allylic oxidation sites excluding steroid dienone is 1. The SMILES string of the molecule is CN(C)c1ccc(/C=C/C2=Nc3ccccc3NC(C)(C)C2)cc1. The number of aliphatic imine (C=N–C) groups is 1. The second-order valence-corrected chi connectivity index (χ2v) is 7.13. The summed E-state index contributed by atoms with van der Waals surface area (Å²) in [7, 11) is 4.11. The van der Waals surface area contributed by atoms with E-state index in [1.165, 1.54) is 11.3 Å². The quantitative estimate of drug-likeness (QED) is 0.849. The molecule has 0 saturated heterocycles. The molecule has 0 radical (unpaired) electrons. The molecule has 1 aliphatic heterocycles. The highest BCUT2D eigenvalue weighted by Gasteiger charge is 2.23. The van der Waals surface area contributed by atoms with Gasteiger partial charge in [0.05, 0.1) is 11.4 Å². The number of anilines is 2. The Morgan fingerprint density at radius 2 is 1.71 bits per heavy atom. The Morgan fingerprint density at radius 3 is 2.42 bits per heavy atom. The predicted molar refractivity (Wildman–Crippen MR) is 106 cm³/mol. The van der Waals surface area contributed by atoms with Gasteiger partial charge in [-0.2, -0.15) is 0 Å². The van der Waals surface area contributed by atoms with Gasteiger partial charge in [-0.05, 0) is 49.8 Å². The molecule has 3 nitrogen and oxygen atoms in total. The summed E-state index contributed by atoms with van der Waals surface area (Å²) in [5.74, 6) is 0. The minimum Gasteiger partial charge on any atom is -0.378 e. The van der Waals surface area contributed by atoms with Crippen LogP contribution in [0.25, 0.3) is 6.08 Å². The number of fused-ring (bicyclic) bond motifs is 1. The molecule has 1 N–H and O–H groups in total. The van der Waals surface area contributed by atoms with Crippen LogP contribution in [0.3, 0.4) is 0 Å². The van der Waals surface area contributed by atoms with E-state index in [-0.39, 0.29) is 5.54 Å². The standard InChI is InChI=1S/C21H25N3/c1-21(2)15-17(22-19-7-5-6-8-20(19)23-21)12-9-16-10-13-18(14-11-16)24(3)4/h5-14,23H,15H2,1-4H3/b12-9+. The average molecular weight is 319 g/mol. The van der Waals surface area contributed by atoms with Crippen molar-refractivity contribution in [1.29, 1.82) is 0 Å². The van der Waals surface area contributed by atoms with Crippen molar-refractivity contribution in [1.82, 2.24) is 0 Å². The highest BCUT2D eigenvalue weighted by molar-refractivity contribution is 6.02. The van der Waals surface area contributed by atoms with E-state index in [1.54, 1.807) is 0 Å². The van der Waals surface area contributed by atoms with Gasteiger partial charge in [0, 0.05) is 37.5 Å². The number of benzene rings is 2. The van der Waals surface area contributed by atoms with Crippen molar-refractivity contribution in [3.8, 4) is 0 Å². The molecule has 0 aromatic heterocycles. The molecule has 0 unspecified atom stereocenters. The molecule has 0 bridgehead atoms. The largest absolute Gasteiger partial charge is 0.378 e. The van der Waals surface area contributed by atoms with Crippen molar-refractivity contribution in [2.75, 3.05) is 24.3 Å². The maximum absolute atomic E-state index is 4.85. The van der Waals surface area contributed by atoms with Crippen LogP contribution in [0.15, 0.2) is 59.6 Å². The summed E-state index contributed by atoms with van der Waals surface area (Å²) in [4.78, 5) is 6.96. The second kappa shape index (κ2) is 6.52. The lowest BCUT2D eigenvalue weighted by Gasteiger charge is -2.25. The molecular formula is C21H25N3. The molecule has 124 valence electrons. The zero-order valence-corrected chi connectivity index (χ0v) is 14.9. The molecule has 24 heavy (non-hydrogen) atoms. The lowest BCUT2D eigenvalue weighted by Crippen LogP contribution is -2.32. The zero-order chi connectivity index (χ0) is 17.2. The summed E-state index contributed by atoms with van der Waals surface area (Å²) in [5.41, 5.74) is 5.57. The van der Waals surface area contributed by atoms with E-state index < -0.39 is 0 Å². The van der Waals surface area contributed by atoms with Gasteiger partial charge in [0.25, 0.3) is 0 Å². The van der Waals surface area contributed by atoms with Crippen LogP contribution in [-0.4, -0.2) is 25.3 Å². The van der Waals surface area contributed by atoms with Crippen LogP contribution in [0.1, 0.15) is 25.8 Å². The Balaban J connectivity index is 1.86. The van der Waals surface area contributed by atoms with Crippen LogP contribution in [0, 0.1) is 0 Å². The van der Waals surface area contributed by atoms with E-state index in [9.17, 15) is 0 Å². The Labute approximate surface area is 144 Å². The Morgan fingerprint density at radius 1 is 1.00 bits per heavy atom. The van der Waals surface area contributed by atoms with Crippen LogP contribution in [-0.2, 0) is 0 Å². The van der Waals surface area contributed by atoms with E-state index in [1.807, 2.05) is 12.1 Å². The molecule has 2 aromatic carbocycles. The number of rotatable bonds is 3. The summed E-state index contributed by atoms with van der Waals surface area (Å²) in [6.45, 7) is 4.43. The topological polar surface area (TPSA) is 27.6 Å². The Hall–Kier alpha value is -2.55. The first kappa shape index (κ1) is 16.3. The summed E-state index contributed by atoms with van der Waals surface area (Å²) >= 11 is 0. The molecule has 0 atom stereocenters. The van der Waals surface area contributed by atoms with Crippen molar-refractivity contribution in [2.45, 2.75) is 25.8 Å². The minimum atomic E-state index is -0.0233. The molecule has 1 heterocycles. The van der Waals surface area contributed by atoms with E-state index >= 15 is 0 Å². The van der Waals surface area contributed by atoms with Gasteiger partial charge in [0.2, 0.25) is 0 Å². The first-order valence-electron chi connectivity index (χ1n) is 8.33. The van der Waals surface area contributed by atoms with Crippen LogP contribution in [0.2, 0.25) is 0 Å². The minimum absolute atomic E-state index is 0.0233. The molecule has 1 aliphatic rings. The van der Waals surface area contributed by atoms with Crippen LogP contribution >= 0.6 is 0 Å². The van der Waals surface area contributed by atoms with Crippen molar-refractivity contribution < 1.29 is 0 Å². The third kappa shape index (κ3) is 3.85. The van der Waals surface area contributed by atoms with Gasteiger partial charge in [-0.15, -0.1) is 0 Å². The van der Waals surface area contributed by atoms with E-state index in [0.29, 0.717) is 0 Å². The molecule has 0 aliphatic carbocycles. The number of para-hydroxylation sites is 2. The molecular weight excluding hydrogens is 294 g/mol. The van der Waals surface area contributed by atoms with E-state index in [0.717, 1.165) is 23.5 Å². The first-order chi connectivity index (χ1) is 11.4. The van der Waals surface area contributed by atoms with Crippen molar-refractivity contribution in [3.63, 3.8) is 0 Å². The number of nitrogens with zero attached hydrogens (tertiary/aromatic N) is 2. The second-order valence-electron chi connectivity index (χ2n) is 7.13. The van der Waals surface area contributed by atoms with Crippen LogP contribution < -0.4 is 10.2 Å². The molecule has 0 amide bonds. The zero-order valence-electron chi connectivity index (χ0n) is 14.9. The van der Waals surface area contributed by atoms with Crippen LogP contribution in [0.4, 0.5) is 17.1 Å². The number of hydrogen-bond donors (Lipinski definition) is 1.